The van der Waals surface area contributed by atoms with Gasteiger partial charge in [0.05, 0.1) is 5.56 Å². The van der Waals surface area contributed by atoms with Crippen molar-refractivity contribution in [2.75, 3.05) is 19.6 Å². The zero-order valence-electron chi connectivity index (χ0n) is 11.6. The van der Waals surface area contributed by atoms with Crippen molar-refractivity contribution < 1.29 is 14.0 Å². The summed E-state index contributed by atoms with van der Waals surface area (Å²) in [6, 6.07) is 6.06. The van der Waals surface area contributed by atoms with Crippen molar-refractivity contribution in [3.63, 3.8) is 0 Å². The third kappa shape index (κ3) is 3.56. The number of carbonyl (C=O) groups is 2. The molecule has 0 aliphatic carbocycles. The predicted octanol–water partition coefficient (Wildman–Crippen LogP) is 1.81. The molecule has 4 nitrogen and oxygen atoms in total. The molecule has 1 aromatic rings. The predicted molar refractivity (Wildman–Crippen MR) is 73.7 cm³/mol. The molecule has 1 aromatic carbocycles. The molecule has 1 fully saturated rings. The number of amides is 2. The molecule has 0 aromatic heterocycles. The monoisotopic (exact) mass is 278 g/mol. The number of hydrogen-bond acceptors (Lipinski definition) is 2. The highest BCUT2D eigenvalue weighted by molar-refractivity contribution is 5.94. The third-order valence-corrected chi connectivity index (χ3v) is 3.65. The number of benzene rings is 1. The van der Waals surface area contributed by atoms with E-state index in [-0.39, 0.29) is 17.4 Å². The van der Waals surface area contributed by atoms with E-state index in [1.54, 1.807) is 17.0 Å². The van der Waals surface area contributed by atoms with Crippen LogP contribution in [0.25, 0.3) is 0 Å². The van der Waals surface area contributed by atoms with E-state index in [4.69, 9.17) is 0 Å². The number of halogens is 1. The Morgan fingerprint density at radius 1 is 1.30 bits per heavy atom. The molecule has 1 N–H and O–H groups in total. The van der Waals surface area contributed by atoms with Crippen LogP contribution in [0, 0.1) is 11.7 Å². The largest absolute Gasteiger partial charge is 0.356 e. The maximum absolute atomic E-state index is 13.6. The summed E-state index contributed by atoms with van der Waals surface area (Å²) in [4.78, 5) is 24.8. The maximum atomic E-state index is 13.6. The van der Waals surface area contributed by atoms with Crippen LogP contribution in [-0.4, -0.2) is 36.3 Å². The van der Waals surface area contributed by atoms with E-state index in [1.807, 2.05) is 0 Å². The smallest absolute Gasteiger partial charge is 0.256 e. The lowest BCUT2D eigenvalue weighted by Crippen LogP contribution is -2.41. The Labute approximate surface area is 118 Å². The van der Waals surface area contributed by atoms with Crippen molar-refractivity contribution in [1.82, 2.24) is 10.2 Å². The third-order valence-electron chi connectivity index (χ3n) is 3.65. The van der Waals surface area contributed by atoms with Gasteiger partial charge in [-0.15, -0.1) is 0 Å². The summed E-state index contributed by atoms with van der Waals surface area (Å²) < 4.78 is 13.6. The molecule has 0 atom stereocenters. The minimum Gasteiger partial charge on any atom is -0.356 e. The zero-order valence-corrected chi connectivity index (χ0v) is 11.6. The van der Waals surface area contributed by atoms with E-state index in [9.17, 15) is 14.0 Å². The van der Waals surface area contributed by atoms with Crippen molar-refractivity contribution in [2.45, 2.75) is 19.8 Å². The lowest BCUT2D eigenvalue weighted by atomic mass is 9.96. The molecule has 2 rings (SSSR count). The van der Waals surface area contributed by atoms with Crippen LogP contribution in [-0.2, 0) is 4.79 Å². The van der Waals surface area contributed by atoms with Crippen molar-refractivity contribution in [2.24, 2.45) is 5.92 Å². The van der Waals surface area contributed by atoms with Crippen molar-refractivity contribution in [3.05, 3.63) is 35.6 Å². The van der Waals surface area contributed by atoms with E-state index in [2.05, 4.69) is 5.32 Å². The average Bonchev–Trinajstić information content (AvgIpc) is 2.45. The second kappa shape index (κ2) is 6.50. The molecule has 0 spiro atoms. The van der Waals surface area contributed by atoms with Gasteiger partial charge in [0.2, 0.25) is 5.91 Å². The molecule has 5 heteroatoms. The second-order valence-corrected chi connectivity index (χ2v) is 5.15. The molecular weight excluding hydrogens is 259 g/mol. The number of nitrogens with zero attached hydrogens (tertiary/aromatic N) is 1. The first-order valence-corrected chi connectivity index (χ1v) is 6.86. The second-order valence-electron chi connectivity index (χ2n) is 5.15. The molecule has 1 aliphatic heterocycles. The molecule has 108 valence electrons. The average molecular weight is 278 g/mol. The Balaban J connectivity index is 1.89. The van der Waals surface area contributed by atoms with Crippen LogP contribution < -0.4 is 5.32 Å². The summed E-state index contributed by atoms with van der Waals surface area (Å²) in [5, 5.41) is 2.80. The summed E-state index contributed by atoms with van der Waals surface area (Å²) in [7, 11) is 0. The van der Waals surface area contributed by atoms with Crippen LogP contribution in [0.1, 0.15) is 30.1 Å². The molecule has 0 radical (unpaired) electrons. The summed E-state index contributed by atoms with van der Waals surface area (Å²) in [6.07, 6.45) is 1.67. The molecule has 0 saturated carbocycles. The normalized spacial score (nSPS) is 16.0. The Hall–Kier alpha value is -1.91. The fraction of sp³-hybridized carbons (Fsp3) is 0.467. The molecular formula is C15H19FN2O2. The number of likely N-dealkylation sites (tertiary alicyclic amines) is 1. The van der Waals surface area contributed by atoms with Crippen LogP contribution in [0.3, 0.4) is 0 Å². The van der Waals surface area contributed by atoms with E-state index in [0.717, 1.165) is 12.8 Å². The van der Waals surface area contributed by atoms with E-state index >= 15 is 0 Å². The first-order valence-electron chi connectivity index (χ1n) is 6.86. The standard InChI is InChI=1S/C15H19FN2O2/c1-11(19)17-10-12-6-8-18(9-7-12)15(20)13-4-2-3-5-14(13)16/h2-5,12H,6-10H2,1H3,(H,17,19). The van der Waals surface area contributed by atoms with Gasteiger partial charge in [0, 0.05) is 26.6 Å². The summed E-state index contributed by atoms with van der Waals surface area (Å²) in [5.41, 5.74) is 0.132. The topological polar surface area (TPSA) is 49.4 Å². The van der Waals surface area contributed by atoms with Crippen LogP contribution in [0.5, 0.6) is 0 Å². The minimum atomic E-state index is -0.474. The summed E-state index contributed by atoms with van der Waals surface area (Å²) in [6.45, 7) is 3.36. The van der Waals surface area contributed by atoms with Gasteiger partial charge < -0.3 is 10.2 Å². The molecule has 1 aliphatic rings. The number of nitrogens with one attached hydrogen (secondary N) is 1. The van der Waals surface area contributed by atoms with Gasteiger partial charge in [0.1, 0.15) is 5.82 Å². The highest BCUT2D eigenvalue weighted by Crippen LogP contribution is 2.19. The summed E-state index contributed by atoms with van der Waals surface area (Å²) >= 11 is 0. The Morgan fingerprint density at radius 3 is 2.55 bits per heavy atom. The van der Waals surface area contributed by atoms with Crippen LogP contribution >= 0.6 is 0 Å². The van der Waals surface area contributed by atoms with Gasteiger partial charge in [-0.3, -0.25) is 9.59 Å². The van der Waals surface area contributed by atoms with Gasteiger partial charge >= 0.3 is 0 Å². The van der Waals surface area contributed by atoms with Gasteiger partial charge in [-0.25, -0.2) is 4.39 Å². The van der Waals surface area contributed by atoms with Crippen molar-refractivity contribution >= 4 is 11.8 Å². The first kappa shape index (κ1) is 14.5. The zero-order chi connectivity index (χ0) is 14.5. The van der Waals surface area contributed by atoms with Crippen LogP contribution in [0.2, 0.25) is 0 Å². The number of hydrogen-bond donors (Lipinski definition) is 1. The number of carbonyl (C=O) groups excluding carboxylic acids is 2. The van der Waals surface area contributed by atoms with Crippen molar-refractivity contribution in [1.29, 1.82) is 0 Å². The van der Waals surface area contributed by atoms with Gasteiger partial charge in [-0.1, -0.05) is 12.1 Å². The number of rotatable bonds is 3. The highest BCUT2D eigenvalue weighted by Gasteiger charge is 2.25. The van der Waals surface area contributed by atoms with E-state index < -0.39 is 5.82 Å². The molecule has 1 heterocycles. The van der Waals surface area contributed by atoms with Gasteiger partial charge in [0.15, 0.2) is 0 Å². The van der Waals surface area contributed by atoms with Crippen LogP contribution in [0.15, 0.2) is 24.3 Å². The van der Waals surface area contributed by atoms with Gasteiger partial charge in [-0.05, 0) is 30.9 Å². The molecule has 1 saturated heterocycles. The van der Waals surface area contributed by atoms with Crippen LogP contribution in [0.4, 0.5) is 4.39 Å². The Morgan fingerprint density at radius 2 is 1.95 bits per heavy atom. The lowest BCUT2D eigenvalue weighted by Gasteiger charge is -2.32. The number of piperidine rings is 1. The molecule has 0 bridgehead atoms. The Bertz CT molecular complexity index is 496. The molecule has 2 amide bonds. The highest BCUT2D eigenvalue weighted by atomic mass is 19.1. The van der Waals surface area contributed by atoms with Gasteiger partial charge in [-0.2, -0.15) is 0 Å². The quantitative estimate of drug-likeness (QED) is 0.916. The summed E-state index contributed by atoms with van der Waals surface area (Å²) in [5.74, 6) is -0.364. The van der Waals surface area contributed by atoms with Crippen molar-refractivity contribution in [3.8, 4) is 0 Å². The minimum absolute atomic E-state index is 0.0325. The van der Waals surface area contributed by atoms with E-state index in [0.29, 0.717) is 25.6 Å². The first-order chi connectivity index (χ1) is 9.58. The molecule has 0 unspecified atom stereocenters. The Kier molecular flexibility index (Phi) is 4.71. The fourth-order valence-electron chi connectivity index (χ4n) is 2.43. The molecule has 20 heavy (non-hydrogen) atoms. The SMILES string of the molecule is CC(=O)NCC1CCN(C(=O)c2ccccc2F)CC1. The fourth-order valence-corrected chi connectivity index (χ4v) is 2.43. The van der Waals surface area contributed by atoms with Gasteiger partial charge in [0.25, 0.3) is 5.91 Å². The lowest BCUT2D eigenvalue weighted by molar-refractivity contribution is -0.119. The van der Waals surface area contributed by atoms with E-state index in [1.165, 1.54) is 19.1 Å². The maximum Gasteiger partial charge on any atom is 0.256 e.